The third-order valence-corrected chi connectivity index (χ3v) is 4.42. The Bertz CT molecular complexity index is 483. The number of benzene rings is 1. The van der Waals surface area contributed by atoms with E-state index in [0.717, 1.165) is 25.0 Å². The second-order valence-electron chi connectivity index (χ2n) is 5.86. The number of nitrogens with zero attached hydrogens (tertiary/aromatic N) is 1. The predicted octanol–water partition coefficient (Wildman–Crippen LogP) is 3.12. The SMILES string of the molecule is CCOC1CC(CC(=O)N(C)C(C)c2ccccc2O)C1. The quantitative estimate of drug-likeness (QED) is 0.876. The third kappa shape index (κ3) is 3.76. The Morgan fingerprint density at radius 1 is 1.43 bits per heavy atom. The van der Waals surface area contributed by atoms with Crippen LogP contribution in [0.4, 0.5) is 0 Å². The van der Waals surface area contributed by atoms with Crippen LogP contribution in [0.25, 0.3) is 0 Å². The van der Waals surface area contributed by atoms with Crippen LogP contribution in [0.1, 0.15) is 44.7 Å². The molecule has 0 radical (unpaired) electrons. The molecule has 1 aromatic carbocycles. The van der Waals surface area contributed by atoms with Gasteiger partial charge in [0.25, 0.3) is 0 Å². The van der Waals surface area contributed by atoms with E-state index in [2.05, 4.69) is 0 Å². The zero-order valence-corrected chi connectivity index (χ0v) is 13.1. The van der Waals surface area contributed by atoms with Crippen LogP contribution in [0, 0.1) is 5.92 Å². The van der Waals surface area contributed by atoms with Crippen molar-refractivity contribution in [3.05, 3.63) is 29.8 Å². The summed E-state index contributed by atoms with van der Waals surface area (Å²) >= 11 is 0. The van der Waals surface area contributed by atoms with E-state index in [9.17, 15) is 9.90 Å². The molecule has 1 aliphatic rings. The second-order valence-corrected chi connectivity index (χ2v) is 5.86. The smallest absolute Gasteiger partial charge is 0.223 e. The fourth-order valence-electron chi connectivity index (χ4n) is 2.87. The molecular weight excluding hydrogens is 266 g/mol. The highest BCUT2D eigenvalue weighted by molar-refractivity contribution is 5.77. The van der Waals surface area contributed by atoms with E-state index in [-0.39, 0.29) is 17.7 Å². The van der Waals surface area contributed by atoms with E-state index in [4.69, 9.17) is 4.74 Å². The van der Waals surface area contributed by atoms with Gasteiger partial charge in [-0.15, -0.1) is 0 Å². The summed E-state index contributed by atoms with van der Waals surface area (Å²) in [5, 5.41) is 9.89. The van der Waals surface area contributed by atoms with Crippen molar-refractivity contribution in [1.29, 1.82) is 0 Å². The molecule has 1 fully saturated rings. The van der Waals surface area contributed by atoms with E-state index in [1.54, 1.807) is 24.1 Å². The molecule has 1 amide bonds. The zero-order valence-electron chi connectivity index (χ0n) is 13.1. The maximum Gasteiger partial charge on any atom is 0.223 e. The summed E-state index contributed by atoms with van der Waals surface area (Å²) in [6.45, 7) is 4.69. The number of para-hydroxylation sites is 1. The minimum atomic E-state index is -0.124. The summed E-state index contributed by atoms with van der Waals surface area (Å²) in [6, 6.07) is 7.06. The van der Waals surface area contributed by atoms with Crippen molar-refractivity contribution in [3.8, 4) is 5.75 Å². The molecule has 0 saturated heterocycles. The fourth-order valence-corrected chi connectivity index (χ4v) is 2.87. The standard InChI is InChI=1S/C17H25NO3/c1-4-21-14-9-13(10-14)11-17(20)18(3)12(2)15-7-5-6-8-16(15)19/h5-8,12-14,19H,4,9-11H2,1-3H3. The molecule has 0 aromatic heterocycles. The molecule has 4 heteroatoms. The Morgan fingerprint density at radius 3 is 2.71 bits per heavy atom. The first kappa shape index (κ1) is 15.8. The van der Waals surface area contributed by atoms with Crippen LogP contribution in [0.3, 0.4) is 0 Å². The lowest BCUT2D eigenvalue weighted by molar-refractivity contribution is -0.135. The van der Waals surface area contributed by atoms with Crippen LogP contribution in [0.15, 0.2) is 24.3 Å². The van der Waals surface area contributed by atoms with Crippen molar-refractivity contribution in [3.63, 3.8) is 0 Å². The number of amides is 1. The molecule has 0 heterocycles. The van der Waals surface area contributed by atoms with E-state index < -0.39 is 0 Å². The predicted molar refractivity (Wildman–Crippen MR) is 82.0 cm³/mol. The van der Waals surface area contributed by atoms with Crippen molar-refractivity contribution >= 4 is 5.91 Å². The molecule has 4 nitrogen and oxygen atoms in total. The van der Waals surface area contributed by atoms with Crippen molar-refractivity contribution in [2.45, 2.75) is 45.3 Å². The number of ether oxygens (including phenoxy) is 1. The lowest BCUT2D eigenvalue weighted by Crippen LogP contribution is -2.37. The minimum absolute atomic E-state index is 0.124. The monoisotopic (exact) mass is 291 g/mol. The van der Waals surface area contributed by atoms with Gasteiger partial charge >= 0.3 is 0 Å². The summed E-state index contributed by atoms with van der Waals surface area (Å²) in [5.41, 5.74) is 0.786. The summed E-state index contributed by atoms with van der Waals surface area (Å²) in [4.78, 5) is 14.1. The lowest BCUT2D eigenvalue weighted by atomic mass is 9.79. The van der Waals surface area contributed by atoms with Gasteiger partial charge in [-0.3, -0.25) is 4.79 Å². The molecule has 1 saturated carbocycles. The Kier molecular flexibility index (Phi) is 5.23. The van der Waals surface area contributed by atoms with E-state index in [1.165, 1.54) is 0 Å². The number of phenols is 1. The molecule has 21 heavy (non-hydrogen) atoms. The molecule has 0 aliphatic heterocycles. The number of carbonyl (C=O) groups is 1. The van der Waals surface area contributed by atoms with Gasteiger partial charge in [0.15, 0.2) is 0 Å². The van der Waals surface area contributed by atoms with Gasteiger partial charge in [-0.05, 0) is 38.7 Å². The first-order valence-electron chi connectivity index (χ1n) is 7.68. The normalized spacial score (nSPS) is 22.4. The van der Waals surface area contributed by atoms with Crippen molar-refractivity contribution in [1.82, 2.24) is 4.90 Å². The minimum Gasteiger partial charge on any atom is -0.508 e. The van der Waals surface area contributed by atoms with Crippen LogP contribution < -0.4 is 0 Å². The maximum atomic E-state index is 12.3. The third-order valence-electron chi connectivity index (χ3n) is 4.42. The number of hydrogen-bond donors (Lipinski definition) is 1. The molecule has 1 N–H and O–H groups in total. The van der Waals surface area contributed by atoms with Crippen LogP contribution in [0.2, 0.25) is 0 Å². The Balaban J connectivity index is 1.87. The van der Waals surface area contributed by atoms with E-state index >= 15 is 0 Å². The molecule has 1 atom stereocenters. The highest BCUT2D eigenvalue weighted by Crippen LogP contribution is 2.34. The number of aromatic hydroxyl groups is 1. The van der Waals surface area contributed by atoms with Crippen LogP contribution in [-0.2, 0) is 9.53 Å². The van der Waals surface area contributed by atoms with Gasteiger partial charge < -0.3 is 14.7 Å². The van der Waals surface area contributed by atoms with E-state index in [0.29, 0.717) is 18.4 Å². The molecule has 1 unspecified atom stereocenters. The summed E-state index contributed by atoms with van der Waals surface area (Å²) < 4.78 is 5.52. The molecule has 116 valence electrons. The lowest BCUT2D eigenvalue weighted by Gasteiger charge is -2.36. The first-order chi connectivity index (χ1) is 10.0. The number of rotatable bonds is 6. The van der Waals surface area contributed by atoms with Gasteiger partial charge in [-0.25, -0.2) is 0 Å². The van der Waals surface area contributed by atoms with Gasteiger partial charge in [-0.2, -0.15) is 0 Å². The highest BCUT2D eigenvalue weighted by atomic mass is 16.5. The second kappa shape index (κ2) is 6.94. The van der Waals surface area contributed by atoms with Gasteiger partial charge in [0, 0.05) is 25.6 Å². The first-order valence-corrected chi connectivity index (χ1v) is 7.68. The van der Waals surface area contributed by atoms with Gasteiger partial charge in [0.2, 0.25) is 5.91 Å². The van der Waals surface area contributed by atoms with Crippen LogP contribution in [-0.4, -0.2) is 35.7 Å². The van der Waals surface area contributed by atoms with Gasteiger partial charge in [0.1, 0.15) is 5.75 Å². The van der Waals surface area contributed by atoms with Crippen LogP contribution >= 0.6 is 0 Å². The molecular formula is C17H25NO3. The van der Waals surface area contributed by atoms with Gasteiger partial charge in [0.05, 0.1) is 12.1 Å². The largest absolute Gasteiger partial charge is 0.508 e. The van der Waals surface area contributed by atoms with Crippen molar-refractivity contribution in [2.24, 2.45) is 5.92 Å². The number of carbonyl (C=O) groups excluding carboxylic acids is 1. The molecule has 2 rings (SSSR count). The Hall–Kier alpha value is -1.55. The zero-order chi connectivity index (χ0) is 15.4. The molecule has 0 bridgehead atoms. The topological polar surface area (TPSA) is 49.8 Å². The Labute approximate surface area is 126 Å². The number of hydrogen-bond acceptors (Lipinski definition) is 3. The van der Waals surface area contributed by atoms with Crippen LogP contribution in [0.5, 0.6) is 5.75 Å². The van der Waals surface area contributed by atoms with Crippen molar-refractivity contribution in [2.75, 3.05) is 13.7 Å². The Morgan fingerprint density at radius 2 is 2.10 bits per heavy atom. The molecule has 1 aromatic rings. The van der Waals surface area contributed by atoms with E-state index in [1.807, 2.05) is 26.0 Å². The summed E-state index contributed by atoms with van der Waals surface area (Å²) in [5.74, 6) is 0.809. The average molecular weight is 291 g/mol. The van der Waals surface area contributed by atoms with Crippen molar-refractivity contribution < 1.29 is 14.6 Å². The molecule has 0 spiro atoms. The molecule has 1 aliphatic carbocycles. The summed E-state index contributed by atoms with van der Waals surface area (Å²) in [7, 11) is 1.80. The van der Waals surface area contributed by atoms with Gasteiger partial charge in [-0.1, -0.05) is 18.2 Å². The number of phenolic OH excluding ortho intramolecular Hbond substituents is 1. The summed E-state index contributed by atoms with van der Waals surface area (Å²) in [6.07, 6.45) is 2.88. The fraction of sp³-hybridized carbons (Fsp3) is 0.588. The maximum absolute atomic E-state index is 12.3. The highest BCUT2D eigenvalue weighted by Gasteiger charge is 2.32. The average Bonchev–Trinajstić information content (AvgIpc) is 2.44.